The van der Waals surface area contributed by atoms with E-state index in [1.807, 2.05) is 11.8 Å². The van der Waals surface area contributed by atoms with Crippen LogP contribution in [0.5, 0.6) is 0 Å². The topological polar surface area (TPSA) is 17.0 Å². The van der Waals surface area contributed by atoms with E-state index in [0.29, 0.717) is 6.04 Å². The van der Waals surface area contributed by atoms with Gasteiger partial charge in [-0.3, -0.25) is 0 Å². The second kappa shape index (κ2) is 6.30. The van der Waals surface area contributed by atoms with Crippen molar-refractivity contribution in [1.82, 2.24) is 9.88 Å². The average molecular weight is 262 g/mol. The predicted octanol–water partition coefficient (Wildman–Crippen LogP) is 3.50. The fourth-order valence-corrected chi connectivity index (χ4v) is 2.53. The monoisotopic (exact) mass is 262 g/mol. The summed E-state index contributed by atoms with van der Waals surface area (Å²) in [5, 5.41) is 4.89. The Bertz CT molecular complexity index is 502. The van der Waals surface area contributed by atoms with E-state index < -0.39 is 0 Å². The molecule has 2 aromatic rings. The molecule has 0 amide bonds. The summed E-state index contributed by atoms with van der Waals surface area (Å²) in [6, 6.07) is 9.22. The minimum atomic E-state index is 0.526. The highest BCUT2D eigenvalue weighted by atomic mass is 32.2. The number of rotatable bonds is 6. The molecule has 1 aromatic carbocycles. The molecule has 2 nitrogen and oxygen atoms in total. The van der Waals surface area contributed by atoms with Crippen LogP contribution in [0.4, 0.5) is 0 Å². The standard InChI is InChI=1S/C15H22N2S/c1-12(2)16-10-13-11-17(8-9-18-3)15-7-5-4-6-14(13)15/h4-7,11-12,16H,8-10H2,1-3H3. The van der Waals surface area contributed by atoms with Crippen LogP contribution < -0.4 is 5.32 Å². The van der Waals surface area contributed by atoms with Crippen LogP contribution in [-0.2, 0) is 13.1 Å². The van der Waals surface area contributed by atoms with Crippen molar-refractivity contribution in [2.75, 3.05) is 12.0 Å². The van der Waals surface area contributed by atoms with E-state index >= 15 is 0 Å². The molecule has 0 fully saturated rings. The summed E-state index contributed by atoms with van der Waals surface area (Å²) in [5.74, 6) is 1.16. The lowest BCUT2D eigenvalue weighted by molar-refractivity contribution is 0.589. The van der Waals surface area contributed by atoms with E-state index in [4.69, 9.17) is 0 Å². The molecule has 0 atom stereocenters. The molecule has 0 radical (unpaired) electrons. The van der Waals surface area contributed by atoms with Gasteiger partial charge in [-0.25, -0.2) is 0 Å². The Morgan fingerprint density at radius 3 is 2.78 bits per heavy atom. The fourth-order valence-electron chi connectivity index (χ4n) is 2.15. The van der Waals surface area contributed by atoms with E-state index in [1.54, 1.807) is 0 Å². The summed E-state index contributed by atoms with van der Waals surface area (Å²) in [6.45, 7) is 6.41. The van der Waals surface area contributed by atoms with Gasteiger partial charge in [0.15, 0.2) is 0 Å². The number of fused-ring (bicyclic) bond motifs is 1. The summed E-state index contributed by atoms with van der Waals surface area (Å²) >= 11 is 1.90. The molecular formula is C15H22N2S. The quantitative estimate of drug-likeness (QED) is 0.858. The van der Waals surface area contributed by atoms with Crippen LogP contribution >= 0.6 is 11.8 Å². The second-order valence-corrected chi connectivity index (χ2v) is 5.88. The molecule has 1 heterocycles. The summed E-state index contributed by atoms with van der Waals surface area (Å²) in [4.78, 5) is 0. The number of thioether (sulfide) groups is 1. The van der Waals surface area contributed by atoms with E-state index in [2.05, 4.69) is 60.4 Å². The maximum atomic E-state index is 3.50. The number of nitrogens with zero attached hydrogens (tertiary/aromatic N) is 1. The summed E-state index contributed by atoms with van der Waals surface area (Å²) in [7, 11) is 0. The highest BCUT2D eigenvalue weighted by Gasteiger charge is 2.07. The van der Waals surface area contributed by atoms with Crippen molar-refractivity contribution in [1.29, 1.82) is 0 Å². The van der Waals surface area contributed by atoms with E-state index in [-0.39, 0.29) is 0 Å². The molecular weight excluding hydrogens is 240 g/mol. The van der Waals surface area contributed by atoms with Crippen molar-refractivity contribution < 1.29 is 0 Å². The number of aryl methyl sites for hydroxylation is 1. The molecule has 1 aromatic heterocycles. The molecule has 3 heteroatoms. The van der Waals surface area contributed by atoms with Crippen molar-refractivity contribution >= 4 is 22.7 Å². The number of nitrogens with one attached hydrogen (secondary N) is 1. The van der Waals surface area contributed by atoms with Crippen LogP contribution in [0.3, 0.4) is 0 Å². The van der Waals surface area contributed by atoms with Crippen molar-refractivity contribution in [3.8, 4) is 0 Å². The first-order valence-electron chi connectivity index (χ1n) is 6.51. The van der Waals surface area contributed by atoms with Gasteiger partial charge >= 0.3 is 0 Å². The maximum absolute atomic E-state index is 3.50. The van der Waals surface area contributed by atoms with Gasteiger partial charge in [0.2, 0.25) is 0 Å². The molecule has 0 unspecified atom stereocenters. The van der Waals surface area contributed by atoms with Gasteiger partial charge < -0.3 is 9.88 Å². The lowest BCUT2D eigenvalue weighted by atomic mass is 10.2. The predicted molar refractivity (Wildman–Crippen MR) is 82.3 cm³/mol. The lowest BCUT2D eigenvalue weighted by Gasteiger charge is -2.06. The van der Waals surface area contributed by atoms with Crippen molar-refractivity contribution in [3.63, 3.8) is 0 Å². The van der Waals surface area contributed by atoms with Crippen LogP contribution in [0, 0.1) is 0 Å². The zero-order valence-corrected chi connectivity index (χ0v) is 12.3. The normalized spacial score (nSPS) is 11.6. The molecule has 0 aliphatic carbocycles. The molecule has 2 rings (SSSR count). The molecule has 0 spiro atoms. The highest BCUT2D eigenvalue weighted by Crippen LogP contribution is 2.21. The Morgan fingerprint density at radius 1 is 1.28 bits per heavy atom. The molecule has 1 N–H and O–H groups in total. The van der Waals surface area contributed by atoms with Crippen LogP contribution in [0.2, 0.25) is 0 Å². The van der Waals surface area contributed by atoms with Crippen LogP contribution in [0.15, 0.2) is 30.5 Å². The SMILES string of the molecule is CSCCn1cc(CNC(C)C)c2ccccc21. The first kappa shape index (κ1) is 13.5. The Labute approximate surface area is 114 Å². The van der Waals surface area contributed by atoms with Gasteiger partial charge in [-0.05, 0) is 17.9 Å². The molecule has 0 aliphatic heterocycles. The van der Waals surface area contributed by atoms with E-state index in [0.717, 1.165) is 18.8 Å². The Hall–Kier alpha value is -0.930. The van der Waals surface area contributed by atoms with Crippen LogP contribution in [-0.4, -0.2) is 22.6 Å². The Kier molecular flexibility index (Phi) is 4.72. The third-order valence-electron chi connectivity index (χ3n) is 3.11. The fraction of sp³-hybridized carbons (Fsp3) is 0.467. The van der Waals surface area contributed by atoms with Crippen LogP contribution in [0.25, 0.3) is 10.9 Å². The van der Waals surface area contributed by atoms with Gasteiger partial charge in [0, 0.05) is 42.0 Å². The molecule has 18 heavy (non-hydrogen) atoms. The third kappa shape index (κ3) is 3.09. The first-order valence-corrected chi connectivity index (χ1v) is 7.91. The average Bonchev–Trinajstić information content (AvgIpc) is 2.72. The minimum absolute atomic E-state index is 0.526. The maximum Gasteiger partial charge on any atom is 0.0483 e. The molecule has 0 bridgehead atoms. The lowest BCUT2D eigenvalue weighted by Crippen LogP contribution is -2.21. The van der Waals surface area contributed by atoms with Gasteiger partial charge in [-0.15, -0.1) is 0 Å². The van der Waals surface area contributed by atoms with Gasteiger partial charge in [0.25, 0.3) is 0 Å². The number of hydrogen-bond donors (Lipinski definition) is 1. The zero-order chi connectivity index (χ0) is 13.0. The van der Waals surface area contributed by atoms with Crippen molar-refractivity contribution in [2.24, 2.45) is 0 Å². The number of benzene rings is 1. The third-order valence-corrected chi connectivity index (χ3v) is 3.70. The first-order chi connectivity index (χ1) is 8.72. The van der Waals surface area contributed by atoms with E-state index in [9.17, 15) is 0 Å². The number of hydrogen-bond acceptors (Lipinski definition) is 2. The Morgan fingerprint density at radius 2 is 2.06 bits per heavy atom. The number of aromatic nitrogens is 1. The zero-order valence-electron chi connectivity index (χ0n) is 11.4. The van der Waals surface area contributed by atoms with Crippen molar-refractivity contribution in [2.45, 2.75) is 33.0 Å². The minimum Gasteiger partial charge on any atom is -0.346 e. The molecule has 0 saturated heterocycles. The highest BCUT2D eigenvalue weighted by molar-refractivity contribution is 7.98. The van der Waals surface area contributed by atoms with Gasteiger partial charge in [0.1, 0.15) is 0 Å². The van der Waals surface area contributed by atoms with Gasteiger partial charge in [-0.2, -0.15) is 11.8 Å². The molecule has 0 aliphatic rings. The molecule has 0 saturated carbocycles. The van der Waals surface area contributed by atoms with Crippen LogP contribution in [0.1, 0.15) is 19.4 Å². The molecule has 98 valence electrons. The summed E-state index contributed by atoms with van der Waals surface area (Å²) in [6.07, 6.45) is 4.46. The largest absolute Gasteiger partial charge is 0.346 e. The number of para-hydroxylation sites is 1. The van der Waals surface area contributed by atoms with Crippen molar-refractivity contribution in [3.05, 3.63) is 36.0 Å². The van der Waals surface area contributed by atoms with E-state index in [1.165, 1.54) is 16.5 Å². The smallest absolute Gasteiger partial charge is 0.0483 e. The van der Waals surface area contributed by atoms with Gasteiger partial charge in [0.05, 0.1) is 0 Å². The summed E-state index contributed by atoms with van der Waals surface area (Å²) < 4.78 is 2.38. The van der Waals surface area contributed by atoms with Gasteiger partial charge in [-0.1, -0.05) is 32.0 Å². The second-order valence-electron chi connectivity index (χ2n) is 4.89. The Balaban J connectivity index is 2.28. The summed E-state index contributed by atoms with van der Waals surface area (Å²) in [5.41, 5.74) is 2.76.